The largest absolute Gasteiger partial charge is 0.309 e. The van der Waals surface area contributed by atoms with Gasteiger partial charge >= 0.3 is 0 Å². The van der Waals surface area contributed by atoms with E-state index in [1.807, 2.05) is 12.3 Å². The average Bonchev–Trinajstić information content (AvgIpc) is 2.10. The van der Waals surface area contributed by atoms with Crippen LogP contribution in [0.1, 0.15) is 39.0 Å². The van der Waals surface area contributed by atoms with Crippen molar-refractivity contribution in [3.63, 3.8) is 0 Å². The SMILES string of the molecule is CCCCC/C=N/NCCC#N. The smallest absolute Gasteiger partial charge is 0.0640 e. The van der Waals surface area contributed by atoms with Gasteiger partial charge in [0.15, 0.2) is 0 Å². The van der Waals surface area contributed by atoms with Gasteiger partial charge in [0.25, 0.3) is 0 Å². The summed E-state index contributed by atoms with van der Waals surface area (Å²) in [6, 6.07) is 2.04. The first kappa shape index (κ1) is 11.0. The molecule has 0 aliphatic carbocycles. The van der Waals surface area contributed by atoms with Crippen LogP contribution in [0, 0.1) is 11.3 Å². The quantitative estimate of drug-likeness (QED) is 0.358. The summed E-state index contributed by atoms with van der Waals surface area (Å²) in [4.78, 5) is 0. The van der Waals surface area contributed by atoms with Crippen molar-refractivity contribution < 1.29 is 0 Å². The number of hydrazone groups is 1. The van der Waals surface area contributed by atoms with E-state index in [2.05, 4.69) is 17.5 Å². The number of hydrogen-bond donors (Lipinski definition) is 1. The predicted molar refractivity (Wildman–Crippen MR) is 50.9 cm³/mol. The van der Waals surface area contributed by atoms with E-state index in [1.54, 1.807) is 0 Å². The third-order valence-electron chi connectivity index (χ3n) is 1.47. The lowest BCUT2D eigenvalue weighted by atomic mass is 10.2. The van der Waals surface area contributed by atoms with Gasteiger partial charge < -0.3 is 5.43 Å². The van der Waals surface area contributed by atoms with Crippen molar-refractivity contribution >= 4 is 6.21 Å². The van der Waals surface area contributed by atoms with Crippen molar-refractivity contribution in [1.29, 1.82) is 5.26 Å². The highest BCUT2D eigenvalue weighted by molar-refractivity contribution is 5.56. The van der Waals surface area contributed by atoms with Crippen LogP contribution in [0.4, 0.5) is 0 Å². The summed E-state index contributed by atoms with van der Waals surface area (Å²) in [5.41, 5.74) is 2.81. The van der Waals surface area contributed by atoms with Crippen molar-refractivity contribution in [3.8, 4) is 6.07 Å². The topological polar surface area (TPSA) is 48.2 Å². The fourth-order valence-corrected chi connectivity index (χ4v) is 0.791. The Balaban J connectivity index is 2.99. The second kappa shape index (κ2) is 9.96. The monoisotopic (exact) mass is 167 g/mol. The molecule has 0 aromatic rings. The molecule has 0 rings (SSSR count). The molecule has 12 heavy (non-hydrogen) atoms. The first-order chi connectivity index (χ1) is 5.91. The molecule has 0 aromatic carbocycles. The Labute approximate surface area is 74.5 Å². The van der Waals surface area contributed by atoms with E-state index in [4.69, 9.17) is 5.26 Å². The number of nitrogens with one attached hydrogen (secondary N) is 1. The van der Waals surface area contributed by atoms with Crippen LogP contribution in [0.2, 0.25) is 0 Å². The normalized spacial score (nSPS) is 10.0. The van der Waals surface area contributed by atoms with Gasteiger partial charge in [0, 0.05) is 12.8 Å². The van der Waals surface area contributed by atoms with E-state index in [0.29, 0.717) is 13.0 Å². The molecule has 0 saturated carbocycles. The van der Waals surface area contributed by atoms with Gasteiger partial charge in [-0.2, -0.15) is 10.4 Å². The molecule has 0 aliphatic rings. The first-order valence-corrected chi connectivity index (χ1v) is 4.53. The number of nitriles is 1. The Morgan fingerprint density at radius 1 is 1.50 bits per heavy atom. The fourth-order valence-electron chi connectivity index (χ4n) is 0.791. The average molecular weight is 167 g/mol. The Bertz CT molecular complexity index is 146. The second-order valence-corrected chi connectivity index (χ2v) is 2.62. The molecule has 0 saturated heterocycles. The van der Waals surface area contributed by atoms with Gasteiger partial charge in [-0.05, 0) is 12.8 Å². The summed E-state index contributed by atoms with van der Waals surface area (Å²) in [5.74, 6) is 0. The molecule has 0 spiro atoms. The molecule has 0 aliphatic heterocycles. The molecular formula is C9H17N3. The molecule has 0 amide bonds. The molecule has 0 fully saturated rings. The number of hydrogen-bond acceptors (Lipinski definition) is 3. The zero-order valence-corrected chi connectivity index (χ0v) is 7.71. The number of rotatable bonds is 7. The highest BCUT2D eigenvalue weighted by atomic mass is 15.3. The van der Waals surface area contributed by atoms with Crippen molar-refractivity contribution in [3.05, 3.63) is 0 Å². The molecule has 0 unspecified atom stereocenters. The first-order valence-electron chi connectivity index (χ1n) is 4.53. The third kappa shape index (κ3) is 8.96. The van der Waals surface area contributed by atoms with Crippen LogP contribution in [0.25, 0.3) is 0 Å². The van der Waals surface area contributed by atoms with Crippen molar-refractivity contribution in [2.24, 2.45) is 5.10 Å². The third-order valence-corrected chi connectivity index (χ3v) is 1.47. The molecular weight excluding hydrogens is 150 g/mol. The highest BCUT2D eigenvalue weighted by Crippen LogP contribution is 1.95. The van der Waals surface area contributed by atoms with Crippen LogP contribution in [-0.4, -0.2) is 12.8 Å². The summed E-state index contributed by atoms with van der Waals surface area (Å²) >= 11 is 0. The zero-order valence-electron chi connectivity index (χ0n) is 7.71. The summed E-state index contributed by atoms with van der Waals surface area (Å²) in [7, 11) is 0. The fraction of sp³-hybridized carbons (Fsp3) is 0.778. The van der Waals surface area contributed by atoms with Gasteiger partial charge in [-0.15, -0.1) is 0 Å². The maximum Gasteiger partial charge on any atom is 0.0640 e. The Morgan fingerprint density at radius 2 is 2.33 bits per heavy atom. The van der Waals surface area contributed by atoms with Gasteiger partial charge in [-0.25, -0.2) is 0 Å². The van der Waals surface area contributed by atoms with Crippen LogP contribution in [0.3, 0.4) is 0 Å². The minimum absolute atomic E-state index is 0.520. The lowest BCUT2D eigenvalue weighted by Crippen LogP contribution is -2.06. The van der Waals surface area contributed by atoms with E-state index in [-0.39, 0.29) is 0 Å². The summed E-state index contributed by atoms with van der Waals surface area (Å²) in [5, 5.41) is 12.2. The van der Waals surface area contributed by atoms with Crippen LogP contribution >= 0.6 is 0 Å². The Kier molecular flexibility index (Phi) is 9.10. The second-order valence-electron chi connectivity index (χ2n) is 2.62. The van der Waals surface area contributed by atoms with E-state index in [9.17, 15) is 0 Å². The molecule has 0 aromatic heterocycles. The molecule has 68 valence electrons. The Morgan fingerprint density at radius 3 is 3.00 bits per heavy atom. The van der Waals surface area contributed by atoms with Crippen LogP contribution in [0.15, 0.2) is 5.10 Å². The van der Waals surface area contributed by atoms with Gasteiger partial charge in [0.1, 0.15) is 0 Å². The number of unbranched alkanes of at least 4 members (excludes halogenated alkanes) is 3. The van der Waals surface area contributed by atoms with Crippen molar-refractivity contribution in [2.45, 2.75) is 39.0 Å². The lowest BCUT2D eigenvalue weighted by molar-refractivity contribution is 0.725. The molecule has 0 bridgehead atoms. The predicted octanol–water partition coefficient (Wildman–Crippen LogP) is 2.06. The van der Waals surface area contributed by atoms with Crippen LogP contribution in [0.5, 0.6) is 0 Å². The molecule has 3 heteroatoms. The lowest BCUT2D eigenvalue weighted by Gasteiger charge is -1.94. The molecule has 0 radical (unpaired) electrons. The van der Waals surface area contributed by atoms with Gasteiger partial charge in [-0.1, -0.05) is 19.8 Å². The van der Waals surface area contributed by atoms with Gasteiger partial charge in [-0.3, -0.25) is 0 Å². The highest BCUT2D eigenvalue weighted by Gasteiger charge is 1.82. The summed E-state index contributed by atoms with van der Waals surface area (Å²) < 4.78 is 0. The van der Waals surface area contributed by atoms with Crippen molar-refractivity contribution in [2.75, 3.05) is 6.54 Å². The minimum Gasteiger partial charge on any atom is -0.309 e. The Hall–Kier alpha value is -1.04. The van der Waals surface area contributed by atoms with E-state index >= 15 is 0 Å². The number of nitrogens with zero attached hydrogens (tertiary/aromatic N) is 2. The van der Waals surface area contributed by atoms with E-state index in [1.165, 1.54) is 19.3 Å². The summed E-state index contributed by atoms with van der Waals surface area (Å²) in [6.45, 7) is 2.84. The summed E-state index contributed by atoms with van der Waals surface area (Å²) in [6.07, 6.45) is 7.16. The van der Waals surface area contributed by atoms with Crippen LogP contribution in [-0.2, 0) is 0 Å². The minimum atomic E-state index is 0.520. The van der Waals surface area contributed by atoms with Crippen LogP contribution < -0.4 is 5.43 Å². The van der Waals surface area contributed by atoms with Crippen molar-refractivity contribution in [1.82, 2.24) is 5.43 Å². The van der Waals surface area contributed by atoms with Gasteiger partial charge in [0.05, 0.1) is 12.5 Å². The maximum atomic E-state index is 8.20. The molecule has 0 heterocycles. The van der Waals surface area contributed by atoms with E-state index in [0.717, 1.165) is 6.42 Å². The maximum absolute atomic E-state index is 8.20. The zero-order chi connectivity index (χ0) is 9.07. The van der Waals surface area contributed by atoms with Gasteiger partial charge in [0.2, 0.25) is 0 Å². The molecule has 0 atom stereocenters. The van der Waals surface area contributed by atoms with E-state index < -0.39 is 0 Å². The standard InChI is InChI=1S/C9H17N3/c1-2-3-4-5-8-11-12-9-6-7-10/h8,12H,2-6,9H2,1H3/b11-8+. The molecule has 1 N–H and O–H groups in total. The molecule has 3 nitrogen and oxygen atoms in total.